The molecule has 18 heavy (non-hydrogen) atoms. The molecule has 0 spiro atoms. The molecule has 1 aromatic carbocycles. The van der Waals surface area contributed by atoms with Crippen LogP contribution in [0.25, 0.3) is 0 Å². The number of rotatable bonds is 6. The second kappa shape index (κ2) is 7.16. The Kier molecular flexibility index (Phi) is 5.50. The molecule has 0 aliphatic heterocycles. The van der Waals surface area contributed by atoms with Crippen LogP contribution in [0.5, 0.6) is 11.5 Å². The Morgan fingerprint density at radius 1 is 1.39 bits per heavy atom. The minimum atomic E-state index is -0.0257. The molecular weight excluding hydrogens is 232 g/mol. The van der Waals surface area contributed by atoms with Gasteiger partial charge in [0.05, 0.1) is 13.7 Å². The predicted molar refractivity (Wildman–Crippen MR) is 70.7 cm³/mol. The molecule has 6 heteroatoms. The van der Waals surface area contributed by atoms with E-state index in [0.29, 0.717) is 18.1 Å². The molecule has 98 valence electrons. The Balaban J connectivity index is 2.88. The molecule has 0 unspecified atom stereocenters. The highest BCUT2D eigenvalue weighted by Crippen LogP contribution is 2.27. The largest absolute Gasteiger partial charge is 0.493 e. The van der Waals surface area contributed by atoms with Gasteiger partial charge in [0.2, 0.25) is 6.21 Å². The third-order valence-corrected chi connectivity index (χ3v) is 2.07. The van der Waals surface area contributed by atoms with Gasteiger partial charge in [-0.25, -0.2) is 0 Å². The van der Waals surface area contributed by atoms with E-state index >= 15 is 0 Å². The maximum Gasteiger partial charge on any atom is 0.256 e. The van der Waals surface area contributed by atoms with Gasteiger partial charge in [0.15, 0.2) is 11.5 Å². The minimum Gasteiger partial charge on any atom is -0.493 e. The van der Waals surface area contributed by atoms with E-state index in [1.54, 1.807) is 13.3 Å². The molecule has 0 saturated heterocycles. The van der Waals surface area contributed by atoms with Gasteiger partial charge >= 0.3 is 0 Å². The second-order valence-electron chi connectivity index (χ2n) is 3.57. The number of hydrogen-bond donors (Lipinski definition) is 3. The van der Waals surface area contributed by atoms with Crippen LogP contribution in [0.4, 0.5) is 0 Å². The average molecular weight is 251 g/mol. The summed E-state index contributed by atoms with van der Waals surface area (Å²) >= 11 is 0. The summed E-state index contributed by atoms with van der Waals surface area (Å²) in [6, 6.07) is 5.55. The standard InChI is InChI=1S/C12H18N4O2/c1-3-6-18-11-7-9(4-5-10(11)17-2)8-15-16-12(13)14/h4-5,7-8H,3,6H2,1-2H3,(H4,13,14,16)/p+1/b15-8+. The monoisotopic (exact) mass is 251 g/mol. The van der Waals surface area contributed by atoms with Gasteiger partial charge < -0.3 is 20.9 Å². The Labute approximate surface area is 106 Å². The van der Waals surface area contributed by atoms with Gasteiger partial charge in [-0.2, -0.15) is 0 Å². The first-order chi connectivity index (χ1) is 8.67. The zero-order valence-electron chi connectivity index (χ0n) is 10.6. The van der Waals surface area contributed by atoms with E-state index in [0.717, 1.165) is 12.0 Å². The lowest BCUT2D eigenvalue weighted by molar-refractivity contribution is -0.456. The van der Waals surface area contributed by atoms with Crippen LogP contribution in [-0.4, -0.2) is 25.9 Å². The van der Waals surface area contributed by atoms with Crippen molar-refractivity contribution in [2.24, 2.45) is 16.6 Å². The van der Waals surface area contributed by atoms with Crippen molar-refractivity contribution in [2.45, 2.75) is 13.3 Å². The fourth-order valence-corrected chi connectivity index (χ4v) is 1.29. The molecule has 0 bridgehead atoms. The van der Waals surface area contributed by atoms with Crippen molar-refractivity contribution in [3.63, 3.8) is 0 Å². The van der Waals surface area contributed by atoms with Crippen molar-refractivity contribution < 1.29 is 14.6 Å². The SMILES string of the molecule is CCCOc1cc(/C=[NH+]/N=C(N)N)ccc1OC. The first-order valence-electron chi connectivity index (χ1n) is 5.65. The number of benzene rings is 1. The molecule has 0 fully saturated rings. The number of ether oxygens (including phenoxy) is 2. The molecule has 6 nitrogen and oxygen atoms in total. The molecule has 1 aromatic rings. The maximum absolute atomic E-state index is 5.59. The number of nitrogens with one attached hydrogen (secondary N) is 1. The fraction of sp³-hybridized carbons (Fsp3) is 0.333. The number of guanidine groups is 1. The molecule has 0 aromatic heterocycles. The summed E-state index contributed by atoms with van der Waals surface area (Å²) in [7, 11) is 1.61. The minimum absolute atomic E-state index is 0.0257. The van der Waals surface area contributed by atoms with Crippen molar-refractivity contribution in [1.29, 1.82) is 0 Å². The zero-order chi connectivity index (χ0) is 13.4. The lowest BCUT2D eigenvalue weighted by Crippen LogP contribution is -2.63. The van der Waals surface area contributed by atoms with Crippen LogP contribution >= 0.6 is 0 Å². The van der Waals surface area contributed by atoms with E-state index in [2.05, 4.69) is 10.2 Å². The summed E-state index contributed by atoms with van der Waals surface area (Å²) in [5.41, 5.74) is 11.3. The summed E-state index contributed by atoms with van der Waals surface area (Å²) in [6.45, 7) is 2.68. The lowest BCUT2D eigenvalue weighted by Gasteiger charge is -2.09. The summed E-state index contributed by atoms with van der Waals surface area (Å²) < 4.78 is 10.8. The highest BCUT2D eigenvalue weighted by Gasteiger charge is 2.05. The average Bonchev–Trinajstić information content (AvgIpc) is 2.36. The van der Waals surface area contributed by atoms with E-state index in [9.17, 15) is 0 Å². The summed E-state index contributed by atoms with van der Waals surface area (Å²) in [6.07, 6.45) is 2.60. The van der Waals surface area contributed by atoms with Crippen molar-refractivity contribution in [2.75, 3.05) is 13.7 Å². The Bertz CT molecular complexity index is 440. The number of nitrogens with zero attached hydrogens (tertiary/aromatic N) is 1. The first-order valence-corrected chi connectivity index (χ1v) is 5.65. The first kappa shape index (κ1) is 13.8. The van der Waals surface area contributed by atoms with Crippen LogP contribution < -0.4 is 26.0 Å². The third kappa shape index (κ3) is 4.32. The molecule has 0 saturated carbocycles. The van der Waals surface area contributed by atoms with Crippen LogP contribution in [0.2, 0.25) is 0 Å². The molecule has 0 aliphatic rings. The molecule has 0 amide bonds. The van der Waals surface area contributed by atoms with Crippen LogP contribution in [0.3, 0.4) is 0 Å². The van der Waals surface area contributed by atoms with Crippen LogP contribution in [-0.2, 0) is 0 Å². The van der Waals surface area contributed by atoms with Gasteiger partial charge in [0.1, 0.15) is 0 Å². The van der Waals surface area contributed by atoms with Crippen LogP contribution in [0.15, 0.2) is 23.3 Å². The van der Waals surface area contributed by atoms with Crippen molar-refractivity contribution >= 4 is 12.2 Å². The molecule has 1 rings (SSSR count). The molecule has 0 radical (unpaired) electrons. The Morgan fingerprint density at radius 3 is 2.78 bits per heavy atom. The van der Waals surface area contributed by atoms with Crippen LogP contribution in [0, 0.1) is 0 Å². The number of hydrazone groups is 1. The van der Waals surface area contributed by atoms with Crippen LogP contribution in [0.1, 0.15) is 18.9 Å². The highest BCUT2D eigenvalue weighted by atomic mass is 16.5. The number of nitrogens with two attached hydrogens (primary N) is 2. The predicted octanol–water partition coefficient (Wildman–Crippen LogP) is -0.828. The molecule has 0 heterocycles. The third-order valence-electron chi connectivity index (χ3n) is 2.07. The van der Waals surface area contributed by atoms with E-state index in [1.165, 1.54) is 0 Å². The Morgan fingerprint density at radius 2 is 2.17 bits per heavy atom. The van der Waals surface area contributed by atoms with Gasteiger partial charge in [-0.1, -0.05) is 6.92 Å². The van der Waals surface area contributed by atoms with Crippen molar-refractivity contribution in [1.82, 2.24) is 0 Å². The Hall–Kier alpha value is -2.24. The highest BCUT2D eigenvalue weighted by molar-refractivity contribution is 5.78. The summed E-state index contributed by atoms with van der Waals surface area (Å²) in [5, 5.41) is 6.29. The summed E-state index contributed by atoms with van der Waals surface area (Å²) in [5.74, 6) is 1.37. The zero-order valence-corrected chi connectivity index (χ0v) is 10.6. The van der Waals surface area contributed by atoms with Gasteiger partial charge in [-0.3, -0.25) is 0 Å². The lowest BCUT2D eigenvalue weighted by atomic mass is 10.2. The van der Waals surface area contributed by atoms with Crippen molar-refractivity contribution in [3.8, 4) is 11.5 Å². The maximum atomic E-state index is 5.59. The van der Waals surface area contributed by atoms with E-state index in [1.807, 2.05) is 25.1 Å². The van der Waals surface area contributed by atoms with E-state index < -0.39 is 0 Å². The summed E-state index contributed by atoms with van der Waals surface area (Å²) in [4.78, 5) is 0. The second-order valence-corrected chi connectivity index (χ2v) is 3.57. The number of hydrogen-bond acceptors (Lipinski definition) is 3. The quantitative estimate of drug-likeness (QED) is 0.349. The van der Waals surface area contributed by atoms with Gasteiger partial charge in [0, 0.05) is 10.7 Å². The van der Waals surface area contributed by atoms with Crippen molar-refractivity contribution in [3.05, 3.63) is 23.8 Å². The normalized spacial score (nSPS) is 10.3. The van der Waals surface area contributed by atoms with E-state index in [-0.39, 0.29) is 5.96 Å². The van der Waals surface area contributed by atoms with Gasteiger partial charge in [0.25, 0.3) is 5.96 Å². The smallest absolute Gasteiger partial charge is 0.256 e. The fourth-order valence-electron chi connectivity index (χ4n) is 1.29. The molecular formula is C12H19N4O2+. The van der Waals surface area contributed by atoms with Gasteiger partial charge in [-0.15, -0.1) is 5.10 Å². The molecule has 5 N–H and O–H groups in total. The molecule has 0 atom stereocenters. The van der Waals surface area contributed by atoms with E-state index in [4.69, 9.17) is 20.9 Å². The number of methoxy groups -OCH3 is 1. The van der Waals surface area contributed by atoms with Gasteiger partial charge in [-0.05, 0) is 24.6 Å². The topological polar surface area (TPSA) is 96.8 Å². The molecule has 0 aliphatic carbocycles.